The van der Waals surface area contributed by atoms with E-state index in [9.17, 15) is 9.59 Å². The van der Waals surface area contributed by atoms with Gasteiger partial charge < -0.3 is 26.0 Å². The fourth-order valence-electron chi connectivity index (χ4n) is 1.24. The highest BCUT2D eigenvalue weighted by Gasteiger charge is 2.22. The Morgan fingerprint density at radius 3 is 2.53 bits per heavy atom. The molecule has 0 aromatic carbocycles. The zero-order valence-corrected chi connectivity index (χ0v) is 9.89. The fourth-order valence-corrected chi connectivity index (χ4v) is 1.24. The Morgan fingerprint density at radius 2 is 2.06 bits per heavy atom. The summed E-state index contributed by atoms with van der Waals surface area (Å²) in [4.78, 5) is 22.2. The summed E-state index contributed by atoms with van der Waals surface area (Å²) in [5.74, 6) is -1.71. The minimum atomic E-state index is -1.18. The molecule has 2 unspecified atom stereocenters. The Morgan fingerprint density at radius 1 is 1.41 bits per heavy atom. The molecule has 7 heteroatoms. The van der Waals surface area contributed by atoms with Crippen LogP contribution in [0.5, 0.6) is 0 Å². The molecule has 0 bridgehead atoms. The van der Waals surface area contributed by atoms with E-state index in [1.165, 1.54) is 0 Å². The van der Waals surface area contributed by atoms with Crippen molar-refractivity contribution in [2.24, 2.45) is 5.73 Å². The lowest BCUT2D eigenvalue weighted by Crippen LogP contribution is -2.48. The number of carbonyl (C=O) groups is 2. The van der Waals surface area contributed by atoms with Gasteiger partial charge in [0, 0.05) is 26.7 Å². The molecule has 17 heavy (non-hydrogen) atoms. The average Bonchev–Trinajstić information content (AvgIpc) is 2.28. The van der Waals surface area contributed by atoms with Crippen molar-refractivity contribution in [1.29, 1.82) is 0 Å². The maximum Gasteiger partial charge on any atom is 0.326 e. The average molecular weight is 248 g/mol. The van der Waals surface area contributed by atoms with Crippen molar-refractivity contribution >= 4 is 11.9 Å². The standard InChI is InChI=1S/C10H20N2O5/c1-17-6-2-3-7(11)9(14)12-8(4-5-13)10(15)16/h7-8,13H,2-6,11H2,1H3,(H,12,14)(H,15,16). The van der Waals surface area contributed by atoms with Crippen molar-refractivity contribution in [3.63, 3.8) is 0 Å². The van der Waals surface area contributed by atoms with Gasteiger partial charge in [0.1, 0.15) is 6.04 Å². The Kier molecular flexibility index (Phi) is 8.29. The van der Waals surface area contributed by atoms with Crippen LogP contribution in [0.1, 0.15) is 19.3 Å². The van der Waals surface area contributed by atoms with Crippen molar-refractivity contribution in [1.82, 2.24) is 5.32 Å². The van der Waals surface area contributed by atoms with Crippen molar-refractivity contribution < 1.29 is 24.5 Å². The molecule has 0 fully saturated rings. The first-order chi connectivity index (χ1) is 8.02. The normalized spacial score (nSPS) is 14.1. The summed E-state index contributed by atoms with van der Waals surface area (Å²) in [5.41, 5.74) is 5.58. The summed E-state index contributed by atoms with van der Waals surface area (Å²) >= 11 is 0. The van der Waals surface area contributed by atoms with E-state index in [2.05, 4.69) is 5.32 Å². The van der Waals surface area contributed by atoms with Gasteiger partial charge in [-0.05, 0) is 12.8 Å². The highest BCUT2D eigenvalue weighted by Crippen LogP contribution is 1.98. The predicted molar refractivity (Wildman–Crippen MR) is 60.4 cm³/mol. The first-order valence-corrected chi connectivity index (χ1v) is 5.41. The molecule has 0 aliphatic rings. The minimum absolute atomic E-state index is 0.0358. The molecule has 0 aromatic heterocycles. The molecular formula is C10H20N2O5. The van der Waals surface area contributed by atoms with Crippen LogP contribution in [-0.4, -0.2) is 54.5 Å². The number of amides is 1. The topological polar surface area (TPSA) is 122 Å². The number of aliphatic hydroxyl groups excluding tert-OH is 1. The summed E-state index contributed by atoms with van der Waals surface area (Å²) in [6.07, 6.45) is 1.01. The summed E-state index contributed by atoms with van der Waals surface area (Å²) in [6, 6.07) is -1.85. The van der Waals surface area contributed by atoms with Crippen LogP contribution in [0.25, 0.3) is 0 Å². The highest BCUT2D eigenvalue weighted by molar-refractivity contribution is 5.86. The van der Waals surface area contributed by atoms with Crippen LogP contribution in [0.15, 0.2) is 0 Å². The van der Waals surface area contributed by atoms with E-state index in [0.717, 1.165) is 0 Å². The van der Waals surface area contributed by atoms with Gasteiger partial charge in [0.25, 0.3) is 0 Å². The Bertz CT molecular complexity index is 247. The van der Waals surface area contributed by atoms with E-state index in [-0.39, 0.29) is 13.0 Å². The van der Waals surface area contributed by atoms with Crippen LogP contribution < -0.4 is 11.1 Å². The second-order valence-corrected chi connectivity index (χ2v) is 3.65. The Balaban J connectivity index is 4.06. The van der Waals surface area contributed by atoms with E-state index in [0.29, 0.717) is 19.4 Å². The van der Waals surface area contributed by atoms with Gasteiger partial charge in [-0.2, -0.15) is 0 Å². The molecule has 1 amide bonds. The smallest absolute Gasteiger partial charge is 0.326 e. The number of nitrogens with one attached hydrogen (secondary N) is 1. The molecule has 0 rings (SSSR count). The van der Waals surface area contributed by atoms with Gasteiger partial charge in [0.05, 0.1) is 6.04 Å². The summed E-state index contributed by atoms with van der Waals surface area (Å²) in [5, 5.41) is 19.7. The molecule has 0 heterocycles. The number of carboxylic acids is 1. The van der Waals surface area contributed by atoms with Crippen molar-refractivity contribution in [3.8, 4) is 0 Å². The molecule has 0 aliphatic heterocycles. The molecule has 0 aliphatic carbocycles. The molecule has 0 aromatic rings. The molecular weight excluding hydrogens is 228 g/mol. The van der Waals surface area contributed by atoms with Crippen LogP contribution in [0.3, 0.4) is 0 Å². The Labute approximate surface area is 99.9 Å². The largest absolute Gasteiger partial charge is 0.480 e. The van der Waals surface area contributed by atoms with Gasteiger partial charge in [0.2, 0.25) is 5.91 Å². The quantitative estimate of drug-likeness (QED) is 0.376. The number of methoxy groups -OCH3 is 1. The predicted octanol–water partition coefficient (Wildman–Crippen LogP) is -1.31. The molecule has 0 radical (unpaired) electrons. The molecule has 2 atom stereocenters. The maximum atomic E-state index is 11.5. The Hall–Kier alpha value is -1.18. The monoisotopic (exact) mass is 248 g/mol. The van der Waals surface area contributed by atoms with Gasteiger partial charge in [-0.3, -0.25) is 4.79 Å². The van der Waals surface area contributed by atoms with E-state index < -0.39 is 24.0 Å². The fraction of sp³-hybridized carbons (Fsp3) is 0.800. The van der Waals surface area contributed by atoms with Crippen molar-refractivity contribution in [3.05, 3.63) is 0 Å². The molecule has 0 spiro atoms. The van der Waals surface area contributed by atoms with Crippen LogP contribution in [0.2, 0.25) is 0 Å². The van der Waals surface area contributed by atoms with Crippen LogP contribution >= 0.6 is 0 Å². The third kappa shape index (κ3) is 6.88. The maximum absolute atomic E-state index is 11.5. The van der Waals surface area contributed by atoms with Gasteiger partial charge in [0.15, 0.2) is 0 Å². The lowest BCUT2D eigenvalue weighted by molar-refractivity contribution is -0.142. The SMILES string of the molecule is COCCCC(N)C(=O)NC(CCO)C(=O)O. The third-order valence-corrected chi connectivity index (χ3v) is 2.23. The van der Waals surface area contributed by atoms with Crippen LogP contribution in [0.4, 0.5) is 0 Å². The number of aliphatic carboxylic acids is 1. The van der Waals surface area contributed by atoms with Crippen LogP contribution in [-0.2, 0) is 14.3 Å². The summed E-state index contributed by atoms with van der Waals surface area (Å²) in [6.45, 7) is 0.191. The second-order valence-electron chi connectivity index (χ2n) is 3.65. The number of hydrogen-bond donors (Lipinski definition) is 4. The zero-order chi connectivity index (χ0) is 13.3. The van der Waals surface area contributed by atoms with E-state index in [1.54, 1.807) is 7.11 Å². The molecule has 0 saturated carbocycles. The second kappa shape index (κ2) is 8.91. The number of carbonyl (C=O) groups excluding carboxylic acids is 1. The molecule has 7 nitrogen and oxygen atoms in total. The lowest BCUT2D eigenvalue weighted by Gasteiger charge is -2.16. The number of hydrogen-bond acceptors (Lipinski definition) is 5. The van der Waals surface area contributed by atoms with Gasteiger partial charge in [-0.15, -0.1) is 0 Å². The first kappa shape index (κ1) is 15.8. The summed E-state index contributed by atoms with van der Waals surface area (Å²) < 4.78 is 4.82. The number of carboxylic acid groups (broad SMARTS) is 1. The van der Waals surface area contributed by atoms with Gasteiger partial charge in [-0.25, -0.2) is 4.79 Å². The van der Waals surface area contributed by atoms with Gasteiger partial charge in [-0.1, -0.05) is 0 Å². The molecule has 0 saturated heterocycles. The van der Waals surface area contributed by atoms with E-state index in [4.69, 9.17) is 20.7 Å². The number of rotatable bonds is 9. The van der Waals surface area contributed by atoms with E-state index >= 15 is 0 Å². The van der Waals surface area contributed by atoms with E-state index in [1.807, 2.05) is 0 Å². The molecule has 5 N–H and O–H groups in total. The third-order valence-electron chi connectivity index (χ3n) is 2.23. The number of aliphatic hydroxyl groups is 1. The van der Waals surface area contributed by atoms with Crippen molar-refractivity contribution in [2.75, 3.05) is 20.3 Å². The zero-order valence-electron chi connectivity index (χ0n) is 9.89. The van der Waals surface area contributed by atoms with Gasteiger partial charge >= 0.3 is 5.97 Å². The first-order valence-electron chi connectivity index (χ1n) is 5.41. The van der Waals surface area contributed by atoms with Crippen LogP contribution in [0, 0.1) is 0 Å². The van der Waals surface area contributed by atoms with Crippen molar-refractivity contribution in [2.45, 2.75) is 31.3 Å². The summed E-state index contributed by atoms with van der Waals surface area (Å²) in [7, 11) is 1.55. The lowest BCUT2D eigenvalue weighted by atomic mass is 10.1. The number of ether oxygens (including phenoxy) is 1. The number of nitrogens with two attached hydrogens (primary N) is 1. The highest BCUT2D eigenvalue weighted by atomic mass is 16.5. The molecule has 100 valence electrons. The minimum Gasteiger partial charge on any atom is -0.480 e.